The van der Waals surface area contributed by atoms with Gasteiger partial charge in [0.25, 0.3) is 0 Å². The molecule has 0 atom stereocenters. The number of thiazole rings is 1. The molecule has 23 heavy (non-hydrogen) atoms. The normalized spacial score (nSPS) is 11.4. The Labute approximate surface area is 135 Å². The number of aromatic nitrogens is 4. The van der Waals surface area contributed by atoms with Crippen LogP contribution in [-0.2, 0) is 7.05 Å². The molecule has 4 rings (SSSR count). The summed E-state index contributed by atoms with van der Waals surface area (Å²) in [5, 5.41) is 4.08. The molecule has 1 aromatic carbocycles. The standard InChI is InChI=1S/C16H14FN5S/c1-3-18-14-11-13(22(2)8-19-11)12-16(21-14)23-15(20-12)9-4-6-10(17)7-5-9/h4-8H,3H2,1-2H3,(H,18,21). The highest BCUT2D eigenvalue weighted by molar-refractivity contribution is 7.21. The fraction of sp³-hybridized carbons (Fsp3) is 0.188. The van der Waals surface area contributed by atoms with E-state index in [-0.39, 0.29) is 5.82 Å². The minimum absolute atomic E-state index is 0.253. The molecule has 1 N–H and O–H groups in total. The van der Waals surface area contributed by atoms with Crippen molar-refractivity contribution in [3.05, 3.63) is 36.4 Å². The highest BCUT2D eigenvalue weighted by atomic mass is 32.1. The Bertz CT molecular complexity index is 1000. The van der Waals surface area contributed by atoms with Gasteiger partial charge in [-0.05, 0) is 31.2 Å². The van der Waals surface area contributed by atoms with Crippen LogP contribution in [0.2, 0.25) is 0 Å². The first-order valence-electron chi connectivity index (χ1n) is 7.28. The van der Waals surface area contributed by atoms with Crippen molar-refractivity contribution in [3.63, 3.8) is 0 Å². The van der Waals surface area contributed by atoms with Crippen LogP contribution < -0.4 is 5.32 Å². The SMILES string of the molecule is CCNc1nc2sc(-c3ccc(F)cc3)nc2c2c1ncn2C. The summed E-state index contributed by atoms with van der Waals surface area (Å²) < 4.78 is 15.1. The molecular formula is C16H14FN5S. The Morgan fingerprint density at radius 1 is 1.17 bits per heavy atom. The first-order valence-corrected chi connectivity index (χ1v) is 8.10. The zero-order chi connectivity index (χ0) is 16.0. The first kappa shape index (κ1) is 14.1. The number of benzene rings is 1. The maximum atomic E-state index is 13.1. The number of nitrogens with zero attached hydrogens (tertiary/aromatic N) is 4. The number of halogens is 1. The van der Waals surface area contributed by atoms with E-state index in [1.165, 1.54) is 23.5 Å². The predicted octanol–water partition coefficient (Wildman–Crippen LogP) is 3.82. The van der Waals surface area contributed by atoms with Gasteiger partial charge in [-0.2, -0.15) is 0 Å². The second kappa shape index (κ2) is 5.27. The summed E-state index contributed by atoms with van der Waals surface area (Å²) in [6, 6.07) is 6.36. The van der Waals surface area contributed by atoms with Crippen molar-refractivity contribution in [3.8, 4) is 10.6 Å². The van der Waals surface area contributed by atoms with Gasteiger partial charge in [-0.25, -0.2) is 19.3 Å². The van der Waals surface area contributed by atoms with Gasteiger partial charge in [-0.1, -0.05) is 11.3 Å². The van der Waals surface area contributed by atoms with Crippen LogP contribution in [0.25, 0.3) is 32.0 Å². The molecule has 5 nitrogen and oxygen atoms in total. The van der Waals surface area contributed by atoms with Crippen LogP contribution in [0, 0.1) is 5.82 Å². The van der Waals surface area contributed by atoms with Crippen molar-refractivity contribution >= 4 is 38.5 Å². The molecule has 0 saturated heterocycles. The van der Waals surface area contributed by atoms with Gasteiger partial charge in [0.1, 0.15) is 32.2 Å². The van der Waals surface area contributed by atoms with E-state index in [0.717, 1.165) is 44.3 Å². The summed E-state index contributed by atoms with van der Waals surface area (Å²) in [4.78, 5) is 14.7. The summed E-state index contributed by atoms with van der Waals surface area (Å²) in [6.07, 6.45) is 1.77. The van der Waals surface area contributed by atoms with E-state index in [1.807, 2.05) is 18.5 Å². The van der Waals surface area contributed by atoms with Crippen LogP contribution >= 0.6 is 11.3 Å². The zero-order valence-corrected chi connectivity index (χ0v) is 13.5. The molecule has 0 aliphatic carbocycles. The Morgan fingerprint density at radius 2 is 1.96 bits per heavy atom. The van der Waals surface area contributed by atoms with E-state index in [9.17, 15) is 4.39 Å². The van der Waals surface area contributed by atoms with Gasteiger partial charge in [0.2, 0.25) is 0 Å². The summed E-state index contributed by atoms with van der Waals surface area (Å²) in [6.45, 7) is 2.80. The third-order valence-electron chi connectivity index (χ3n) is 3.64. The van der Waals surface area contributed by atoms with Crippen molar-refractivity contribution in [2.24, 2.45) is 7.05 Å². The monoisotopic (exact) mass is 327 g/mol. The van der Waals surface area contributed by atoms with E-state index in [4.69, 9.17) is 4.98 Å². The maximum absolute atomic E-state index is 13.1. The van der Waals surface area contributed by atoms with Crippen LogP contribution in [0.5, 0.6) is 0 Å². The molecule has 116 valence electrons. The van der Waals surface area contributed by atoms with Crippen molar-refractivity contribution in [2.75, 3.05) is 11.9 Å². The molecule has 3 aromatic heterocycles. The topological polar surface area (TPSA) is 55.6 Å². The van der Waals surface area contributed by atoms with Crippen LogP contribution in [0.1, 0.15) is 6.92 Å². The molecule has 0 bridgehead atoms. The van der Waals surface area contributed by atoms with Crippen molar-refractivity contribution in [2.45, 2.75) is 6.92 Å². The summed E-state index contributed by atoms with van der Waals surface area (Å²) in [7, 11) is 1.95. The zero-order valence-electron chi connectivity index (χ0n) is 12.7. The Kier molecular flexibility index (Phi) is 3.23. The number of pyridine rings is 1. The van der Waals surface area contributed by atoms with Crippen LogP contribution in [-0.4, -0.2) is 26.1 Å². The minimum atomic E-state index is -0.253. The number of imidazole rings is 1. The number of rotatable bonds is 3. The largest absolute Gasteiger partial charge is 0.368 e. The maximum Gasteiger partial charge on any atom is 0.156 e. The first-order chi connectivity index (χ1) is 11.2. The highest BCUT2D eigenvalue weighted by Gasteiger charge is 2.17. The molecule has 0 radical (unpaired) electrons. The molecule has 0 saturated carbocycles. The third kappa shape index (κ3) is 2.24. The number of anilines is 1. The van der Waals surface area contributed by atoms with E-state index < -0.39 is 0 Å². The Hall–Kier alpha value is -2.54. The van der Waals surface area contributed by atoms with Gasteiger partial charge >= 0.3 is 0 Å². The molecule has 0 fully saturated rings. The van der Waals surface area contributed by atoms with E-state index in [2.05, 4.69) is 15.3 Å². The van der Waals surface area contributed by atoms with E-state index >= 15 is 0 Å². The molecule has 0 aliphatic rings. The van der Waals surface area contributed by atoms with Crippen LogP contribution in [0.15, 0.2) is 30.6 Å². The summed E-state index contributed by atoms with van der Waals surface area (Å²) in [5.41, 5.74) is 3.48. The number of nitrogens with one attached hydrogen (secondary N) is 1. The van der Waals surface area contributed by atoms with Gasteiger partial charge in [0, 0.05) is 19.2 Å². The predicted molar refractivity (Wildman–Crippen MR) is 91.2 cm³/mol. The van der Waals surface area contributed by atoms with Crippen molar-refractivity contribution in [1.82, 2.24) is 19.5 Å². The molecular weight excluding hydrogens is 313 g/mol. The number of hydrogen-bond acceptors (Lipinski definition) is 5. The molecule has 0 unspecified atom stereocenters. The van der Waals surface area contributed by atoms with Crippen LogP contribution in [0.4, 0.5) is 10.2 Å². The molecule has 4 aromatic rings. The average molecular weight is 327 g/mol. The Balaban J connectivity index is 1.99. The second-order valence-corrected chi connectivity index (χ2v) is 6.20. The number of hydrogen-bond donors (Lipinski definition) is 1. The molecule has 0 aliphatic heterocycles. The lowest BCUT2D eigenvalue weighted by molar-refractivity contribution is 0.628. The number of aryl methyl sites for hydroxylation is 1. The van der Waals surface area contributed by atoms with Crippen molar-refractivity contribution < 1.29 is 4.39 Å². The van der Waals surface area contributed by atoms with Crippen molar-refractivity contribution in [1.29, 1.82) is 0 Å². The summed E-state index contributed by atoms with van der Waals surface area (Å²) >= 11 is 1.50. The average Bonchev–Trinajstić information content (AvgIpc) is 3.12. The number of fused-ring (bicyclic) bond motifs is 3. The van der Waals surface area contributed by atoms with Gasteiger partial charge in [0.15, 0.2) is 5.82 Å². The van der Waals surface area contributed by atoms with E-state index in [1.54, 1.807) is 18.5 Å². The third-order valence-corrected chi connectivity index (χ3v) is 4.64. The molecule has 3 heterocycles. The lowest BCUT2D eigenvalue weighted by Gasteiger charge is -2.03. The smallest absolute Gasteiger partial charge is 0.156 e. The second-order valence-electron chi connectivity index (χ2n) is 5.22. The van der Waals surface area contributed by atoms with Gasteiger partial charge in [-0.3, -0.25) is 0 Å². The molecule has 7 heteroatoms. The van der Waals surface area contributed by atoms with Crippen LogP contribution in [0.3, 0.4) is 0 Å². The van der Waals surface area contributed by atoms with Gasteiger partial charge in [-0.15, -0.1) is 0 Å². The Morgan fingerprint density at radius 3 is 2.70 bits per heavy atom. The van der Waals surface area contributed by atoms with Gasteiger partial charge in [0.05, 0.1) is 6.33 Å². The lowest BCUT2D eigenvalue weighted by atomic mass is 10.2. The molecule has 0 amide bonds. The quantitative estimate of drug-likeness (QED) is 0.621. The molecule has 0 spiro atoms. The summed E-state index contributed by atoms with van der Waals surface area (Å²) in [5.74, 6) is 0.515. The lowest BCUT2D eigenvalue weighted by Crippen LogP contribution is -2.00. The minimum Gasteiger partial charge on any atom is -0.368 e. The van der Waals surface area contributed by atoms with Gasteiger partial charge < -0.3 is 9.88 Å². The highest BCUT2D eigenvalue weighted by Crippen LogP contribution is 2.35. The van der Waals surface area contributed by atoms with E-state index in [0.29, 0.717) is 0 Å². The fourth-order valence-electron chi connectivity index (χ4n) is 2.59. The fourth-order valence-corrected chi connectivity index (χ4v) is 3.54.